The number of amides is 1. The second kappa shape index (κ2) is 8.25. The molecule has 0 unspecified atom stereocenters. The molecule has 0 saturated heterocycles. The molecule has 0 atom stereocenters. The second-order valence-electron chi connectivity index (χ2n) is 6.36. The molecule has 0 radical (unpaired) electrons. The summed E-state index contributed by atoms with van der Waals surface area (Å²) in [6.45, 7) is 4.77. The highest BCUT2D eigenvalue weighted by atomic mass is 16.5. The minimum atomic E-state index is -0.0856. The number of para-hydroxylation sites is 1. The number of carbonyl (C=O) groups is 1. The number of rotatable bonds is 6. The maximum Gasteiger partial charge on any atom is 0.251 e. The van der Waals surface area contributed by atoms with Crippen molar-refractivity contribution in [2.75, 3.05) is 6.54 Å². The third-order valence-corrected chi connectivity index (χ3v) is 3.70. The molecule has 2 aromatic carbocycles. The predicted molar refractivity (Wildman–Crippen MR) is 101 cm³/mol. The Bertz CT molecular complexity index is 862. The van der Waals surface area contributed by atoms with Gasteiger partial charge in [0.1, 0.15) is 5.75 Å². The fourth-order valence-corrected chi connectivity index (χ4v) is 2.36. The second-order valence-corrected chi connectivity index (χ2v) is 6.36. The summed E-state index contributed by atoms with van der Waals surface area (Å²) in [4.78, 5) is 12.2. The van der Waals surface area contributed by atoms with Crippen molar-refractivity contribution in [1.29, 1.82) is 0 Å². The molecule has 0 spiro atoms. The van der Waals surface area contributed by atoms with Crippen molar-refractivity contribution in [3.63, 3.8) is 0 Å². The predicted octanol–water partition coefficient (Wildman–Crippen LogP) is 4.32. The summed E-state index contributed by atoms with van der Waals surface area (Å²) in [5.74, 6) is 1.45. The number of benzene rings is 2. The van der Waals surface area contributed by atoms with Gasteiger partial charge in [-0.05, 0) is 36.2 Å². The van der Waals surface area contributed by atoms with Crippen molar-refractivity contribution in [3.05, 3.63) is 72.3 Å². The van der Waals surface area contributed by atoms with Crippen molar-refractivity contribution in [3.8, 4) is 22.9 Å². The van der Waals surface area contributed by atoms with E-state index < -0.39 is 0 Å². The van der Waals surface area contributed by atoms with Crippen LogP contribution in [0.4, 0.5) is 0 Å². The van der Waals surface area contributed by atoms with E-state index in [9.17, 15) is 4.79 Å². The summed E-state index contributed by atoms with van der Waals surface area (Å²) in [5.41, 5.74) is 2.12. The van der Waals surface area contributed by atoms with Crippen molar-refractivity contribution >= 4 is 5.91 Å². The monoisotopic (exact) mass is 347 g/mol. The minimum absolute atomic E-state index is 0.0856. The fourth-order valence-electron chi connectivity index (χ4n) is 2.36. The highest BCUT2D eigenvalue weighted by molar-refractivity contribution is 5.95. The summed E-state index contributed by atoms with van der Waals surface area (Å²) in [6.07, 6.45) is 0. The molecule has 0 aliphatic carbocycles. The van der Waals surface area contributed by atoms with E-state index in [1.165, 1.54) is 0 Å². The number of hydrogen-bond acceptors (Lipinski definition) is 4. The summed E-state index contributed by atoms with van der Waals surface area (Å²) in [7, 11) is 0. The number of ether oxygens (including phenoxy) is 1. The number of carbonyl (C=O) groups excluding carboxylic acids is 1. The molecule has 0 fully saturated rings. The van der Waals surface area contributed by atoms with Crippen LogP contribution < -0.4 is 10.1 Å². The summed E-state index contributed by atoms with van der Waals surface area (Å²) < 4.78 is 5.65. The van der Waals surface area contributed by atoms with Gasteiger partial charge in [-0.2, -0.15) is 0 Å². The summed E-state index contributed by atoms with van der Waals surface area (Å²) in [5, 5.41) is 11.2. The van der Waals surface area contributed by atoms with Crippen LogP contribution in [0.25, 0.3) is 11.3 Å². The largest absolute Gasteiger partial charge is 0.438 e. The van der Waals surface area contributed by atoms with Crippen LogP contribution >= 0.6 is 0 Å². The van der Waals surface area contributed by atoms with E-state index in [0.717, 1.165) is 5.56 Å². The van der Waals surface area contributed by atoms with Crippen molar-refractivity contribution in [2.24, 2.45) is 5.92 Å². The third-order valence-electron chi connectivity index (χ3n) is 3.70. The molecular formula is C21H21N3O2. The molecular weight excluding hydrogens is 326 g/mol. The van der Waals surface area contributed by atoms with Crippen molar-refractivity contribution < 1.29 is 9.53 Å². The van der Waals surface area contributed by atoms with Crippen LogP contribution in [0.2, 0.25) is 0 Å². The molecule has 5 heteroatoms. The standard InChI is InChI=1S/C21H21N3O2/c1-15(2)14-22-21(25)17-8-6-7-16(13-17)19-11-12-20(24-23-19)26-18-9-4-3-5-10-18/h3-13,15H,14H2,1-2H3,(H,22,25). The lowest BCUT2D eigenvalue weighted by molar-refractivity contribution is 0.0949. The van der Waals surface area contributed by atoms with Gasteiger partial charge >= 0.3 is 0 Å². The zero-order valence-electron chi connectivity index (χ0n) is 14.8. The first kappa shape index (κ1) is 17.6. The van der Waals surface area contributed by atoms with Crippen LogP contribution in [-0.4, -0.2) is 22.6 Å². The minimum Gasteiger partial charge on any atom is -0.438 e. The van der Waals surface area contributed by atoms with Gasteiger partial charge in [0.15, 0.2) is 0 Å². The van der Waals surface area contributed by atoms with Gasteiger partial charge in [-0.15, -0.1) is 10.2 Å². The Morgan fingerprint density at radius 1 is 1.00 bits per heavy atom. The van der Waals surface area contributed by atoms with Crippen LogP contribution in [-0.2, 0) is 0 Å². The molecule has 0 aliphatic rings. The van der Waals surface area contributed by atoms with E-state index >= 15 is 0 Å². The molecule has 5 nitrogen and oxygen atoms in total. The Hall–Kier alpha value is -3.21. The number of aromatic nitrogens is 2. The summed E-state index contributed by atoms with van der Waals surface area (Å²) >= 11 is 0. The van der Waals surface area contributed by atoms with Crippen molar-refractivity contribution in [1.82, 2.24) is 15.5 Å². The lowest BCUT2D eigenvalue weighted by atomic mass is 10.1. The van der Waals surface area contributed by atoms with Crippen LogP contribution in [0.15, 0.2) is 66.7 Å². The van der Waals surface area contributed by atoms with E-state index in [2.05, 4.69) is 29.4 Å². The summed E-state index contributed by atoms with van der Waals surface area (Å²) in [6, 6.07) is 20.4. The first-order valence-corrected chi connectivity index (χ1v) is 8.57. The quantitative estimate of drug-likeness (QED) is 0.721. The Morgan fingerprint density at radius 2 is 1.81 bits per heavy atom. The molecule has 0 saturated carbocycles. The van der Waals surface area contributed by atoms with Gasteiger partial charge in [-0.25, -0.2) is 0 Å². The molecule has 1 aromatic heterocycles. The van der Waals surface area contributed by atoms with Gasteiger partial charge in [0, 0.05) is 23.7 Å². The molecule has 26 heavy (non-hydrogen) atoms. The van der Waals surface area contributed by atoms with Gasteiger partial charge in [-0.3, -0.25) is 4.79 Å². The van der Waals surface area contributed by atoms with Crippen LogP contribution in [0.1, 0.15) is 24.2 Å². The lowest BCUT2D eigenvalue weighted by Gasteiger charge is -2.09. The number of hydrogen-bond donors (Lipinski definition) is 1. The number of nitrogens with one attached hydrogen (secondary N) is 1. The van der Waals surface area contributed by atoms with E-state index in [0.29, 0.717) is 35.3 Å². The third kappa shape index (κ3) is 4.66. The van der Waals surface area contributed by atoms with Gasteiger partial charge in [-0.1, -0.05) is 44.2 Å². The zero-order valence-corrected chi connectivity index (χ0v) is 14.8. The molecule has 132 valence electrons. The maximum absolute atomic E-state index is 12.2. The molecule has 3 rings (SSSR count). The molecule has 0 aliphatic heterocycles. The van der Waals surface area contributed by atoms with E-state index in [1.807, 2.05) is 54.6 Å². The molecule has 3 aromatic rings. The zero-order chi connectivity index (χ0) is 18.4. The van der Waals surface area contributed by atoms with Gasteiger partial charge < -0.3 is 10.1 Å². The average Bonchev–Trinajstić information content (AvgIpc) is 2.67. The Morgan fingerprint density at radius 3 is 2.50 bits per heavy atom. The van der Waals surface area contributed by atoms with Gasteiger partial charge in [0.2, 0.25) is 5.88 Å². The molecule has 1 amide bonds. The SMILES string of the molecule is CC(C)CNC(=O)c1cccc(-c2ccc(Oc3ccccc3)nn2)c1. The average molecular weight is 347 g/mol. The van der Waals surface area contributed by atoms with Gasteiger partial charge in [0.05, 0.1) is 5.69 Å². The van der Waals surface area contributed by atoms with Crippen LogP contribution in [0.3, 0.4) is 0 Å². The fraction of sp³-hybridized carbons (Fsp3) is 0.190. The highest BCUT2D eigenvalue weighted by Crippen LogP contribution is 2.22. The van der Waals surface area contributed by atoms with Crippen LogP contribution in [0, 0.1) is 5.92 Å². The van der Waals surface area contributed by atoms with E-state index in [1.54, 1.807) is 12.1 Å². The first-order valence-electron chi connectivity index (χ1n) is 8.57. The molecule has 1 N–H and O–H groups in total. The highest BCUT2D eigenvalue weighted by Gasteiger charge is 2.09. The van der Waals surface area contributed by atoms with Crippen LogP contribution in [0.5, 0.6) is 11.6 Å². The normalized spacial score (nSPS) is 10.6. The smallest absolute Gasteiger partial charge is 0.251 e. The maximum atomic E-state index is 12.2. The van der Waals surface area contributed by atoms with Crippen molar-refractivity contribution in [2.45, 2.75) is 13.8 Å². The Labute approximate surface area is 153 Å². The van der Waals surface area contributed by atoms with E-state index in [-0.39, 0.29) is 5.91 Å². The molecule has 0 bridgehead atoms. The first-order chi connectivity index (χ1) is 12.6. The Balaban J connectivity index is 1.73. The lowest BCUT2D eigenvalue weighted by Crippen LogP contribution is -2.27. The number of nitrogens with zero attached hydrogens (tertiary/aromatic N) is 2. The van der Waals surface area contributed by atoms with E-state index in [4.69, 9.17) is 4.74 Å². The topological polar surface area (TPSA) is 64.1 Å². The Kier molecular flexibility index (Phi) is 5.59. The van der Waals surface area contributed by atoms with Gasteiger partial charge in [0.25, 0.3) is 5.91 Å². The molecule has 1 heterocycles.